The predicted octanol–water partition coefficient (Wildman–Crippen LogP) is 3.08. The van der Waals surface area contributed by atoms with E-state index >= 15 is 0 Å². The van der Waals surface area contributed by atoms with Gasteiger partial charge in [0.1, 0.15) is 0 Å². The van der Waals surface area contributed by atoms with E-state index in [0.717, 1.165) is 16.5 Å². The first-order valence-electron chi connectivity index (χ1n) is 8.83. The van der Waals surface area contributed by atoms with Gasteiger partial charge in [0.25, 0.3) is 0 Å². The highest BCUT2D eigenvalue weighted by Crippen LogP contribution is 2.28. The summed E-state index contributed by atoms with van der Waals surface area (Å²) < 4.78 is 27.8. The van der Waals surface area contributed by atoms with Gasteiger partial charge in [0.2, 0.25) is 21.1 Å². The smallest absolute Gasteiger partial charge is 0.243 e. The van der Waals surface area contributed by atoms with E-state index in [1.165, 1.54) is 15.6 Å². The number of nitrogens with one attached hydrogen (secondary N) is 1. The van der Waals surface area contributed by atoms with Gasteiger partial charge in [-0.15, -0.1) is 10.2 Å². The third kappa shape index (κ3) is 5.07. The van der Waals surface area contributed by atoms with Crippen molar-refractivity contribution < 1.29 is 13.2 Å². The predicted molar refractivity (Wildman–Crippen MR) is 107 cm³/mol. The number of anilines is 1. The summed E-state index contributed by atoms with van der Waals surface area (Å²) in [5.41, 5.74) is 0. The lowest BCUT2D eigenvalue weighted by Crippen LogP contribution is -2.43. The molecule has 2 heterocycles. The molecule has 1 aromatic heterocycles. The second kappa shape index (κ2) is 9.13. The van der Waals surface area contributed by atoms with E-state index in [1.54, 1.807) is 42.1 Å². The Balaban J connectivity index is 1.63. The maximum absolute atomic E-state index is 12.8. The fourth-order valence-corrected chi connectivity index (χ4v) is 6.06. The number of amides is 1. The molecule has 146 valence electrons. The standard InChI is InChI=1S/C17H22N4O3S3/c1-2-11-25-17-20-19-16(26-17)18-15(22)13-7-6-10-21(12-13)27(23,24)14-8-4-3-5-9-14/h3-5,8-9,13H,2,6-7,10-12H2,1H3,(H,18,19,22)/t13-/m0/s1. The minimum atomic E-state index is -3.58. The Bertz CT molecular complexity index is 871. The second-order valence-corrected chi connectivity index (χ2v) is 10.5. The highest BCUT2D eigenvalue weighted by molar-refractivity contribution is 8.01. The molecule has 1 atom stereocenters. The van der Waals surface area contributed by atoms with Gasteiger partial charge in [-0.25, -0.2) is 8.42 Å². The zero-order valence-corrected chi connectivity index (χ0v) is 17.4. The van der Waals surface area contributed by atoms with Gasteiger partial charge in [-0.2, -0.15) is 4.31 Å². The number of nitrogens with zero attached hydrogens (tertiary/aromatic N) is 3. The molecule has 1 N–H and O–H groups in total. The van der Waals surface area contributed by atoms with E-state index in [9.17, 15) is 13.2 Å². The molecule has 1 aromatic carbocycles. The van der Waals surface area contributed by atoms with Crippen LogP contribution in [0.5, 0.6) is 0 Å². The molecule has 27 heavy (non-hydrogen) atoms. The van der Waals surface area contributed by atoms with Crippen LogP contribution in [0.15, 0.2) is 39.6 Å². The zero-order chi connectivity index (χ0) is 19.3. The average molecular weight is 427 g/mol. The van der Waals surface area contributed by atoms with Crippen molar-refractivity contribution in [3.05, 3.63) is 30.3 Å². The quantitative estimate of drug-likeness (QED) is 0.540. The van der Waals surface area contributed by atoms with E-state index in [2.05, 4.69) is 22.4 Å². The maximum Gasteiger partial charge on any atom is 0.243 e. The monoisotopic (exact) mass is 426 g/mol. The number of sulfonamides is 1. The van der Waals surface area contributed by atoms with Gasteiger partial charge >= 0.3 is 0 Å². The van der Waals surface area contributed by atoms with Crippen LogP contribution in [0.2, 0.25) is 0 Å². The lowest BCUT2D eigenvalue weighted by molar-refractivity contribution is -0.120. The van der Waals surface area contributed by atoms with Crippen molar-refractivity contribution in [2.45, 2.75) is 35.4 Å². The fraction of sp³-hybridized carbons (Fsp3) is 0.471. The Kier molecular flexibility index (Phi) is 6.85. The third-order valence-corrected chi connectivity index (χ3v) is 8.26. The number of aromatic nitrogens is 2. The molecule has 1 amide bonds. The number of thioether (sulfide) groups is 1. The normalized spacial score (nSPS) is 18.3. The first-order valence-corrected chi connectivity index (χ1v) is 12.1. The molecule has 0 bridgehead atoms. The summed E-state index contributed by atoms with van der Waals surface area (Å²) in [5.74, 6) is 0.358. The summed E-state index contributed by atoms with van der Waals surface area (Å²) in [6, 6.07) is 8.33. The lowest BCUT2D eigenvalue weighted by atomic mass is 9.99. The van der Waals surface area contributed by atoms with Crippen molar-refractivity contribution in [2.75, 3.05) is 24.2 Å². The number of hydrogen-bond acceptors (Lipinski definition) is 7. The first-order chi connectivity index (χ1) is 13.0. The average Bonchev–Trinajstić information content (AvgIpc) is 3.14. The first kappa shape index (κ1) is 20.2. The molecular weight excluding hydrogens is 404 g/mol. The Morgan fingerprint density at radius 3 is 2.85 bits per heavy atom. The Hall–Kier alpha value is -1.49. The van der Waals surface area contributed by atoms with Gasteiger partial charge in [-0.1, -0.05) is 48.2 Å². The van der Waals surface area contributed by atoms with Crippen LogP contribution >= 0.6 is 23.1 Å². The van der Waals surface area contributed by atoms with Crippen LogP contribution in [0.4, 0.5) is 5.13 Å². The number of carbonyl (C=O) groups is 1. The summed E-state index contributed by atoms with van der Waals surface area (Å²) in [6.07, 6.45) is 2.35. The van der Waals surface area contributed by atoms with Crippen LogP contribution in [-0.2, 0) is 14.8 Å². The van der Waals surface area contributed by atoms with Crippen molar-refractivity contribution >= 4 is 44.2 Å². The van der Waals surface area contributed by atoms with E-state index < -0.39 is 15.9 Å². The molecule has 3 rings (SSSR count). The van der Waals surface area contributed by atoms with Crippen LogP contribution in [-0.4, -0.2) is 47.7 Å². The molecule has 1 fully saturated rings. The van der Waals surface area contributed by atoms with Gasteiger partial charge in [-0.05, 0) is 31.4 Å². The zero-order valence-electron chi connectivity index (χ0n) is 15.0. The molecule has 0 unspecified atom stereocenters. The number of carbonyl (C=O) groups excluding carboxylic acids is 1. The van der Waals surface area contributed by atoms with Crippen LogP contribution in [0.1, 0.15) is 26.2 Å². The molecule has 1 aliphatic rings. The number of benzene rings is 1. The summed E-state index contributed by atoms with van der Waals surface area (Å²) in [7, 11) is -3.58. The van der Waals surface area contributed by atoms with E-state index in [-0.39, 0.29) is 17.3 Å². The third-order valence-electron chi connectivity index (χ3n) is 4.20. The highest BCUT2D eigenvalue weighted by atomic mass is 32.2. The molecule has 2 aromatic rings. The van der Waals surface area contributed by atoms with Crippen molar-refractivity contribution in [3.63, 3.8) is 0 Å². The van der Waals surface area contributed by atoms with E-state index in [1.807, 2.05) is 0 Å². The molecule has 0 saturated carbocycles. The number of hydrogen-bond donors (Lipinski definition) is 1. The Morgan fingerprint density at radius 1 is 1.33 bits per heavy atom. The van der Waals surface area contributed by atoms with Crippen molar-refractivity contribution in [1.29, 1.82) is 0 Å². The number of piperidine rings is 1. The molecule has 7 nitrogen and oxygen atoms in total. The van der Waals surface area contributed by atoms with Crippen LogP contribution in [0.25, 0.3) is 0 Å². The Labute approximate surface area is 167 Å². The van der Waals surface area contributed by atoms with Gasteiger partial charge in [0.15, 0.2) is 4.34 Å². The molecule has 10 heteroatoms. The van der Waals surface area contributed by atoms with Crippen molar-refractivity contribution in [2.24, 2.45) is 5.92 Å². The largest absolute Gasteiger partial charge is 0.300 e. The second-order valence-electron chi connectivity index (χ2n) is 6.23. The molecule has 1 saturated heterocycles. The number of rotatable bonds is 7. The summed E-state index contributed by atoms with van der Waals surface area (Å²) in [6.45, 7) is 2.70. The molecular formula is C17H22N4O3S3. The summed E-state index contributed by atoms with van der Waals surface area (Å²) in [5, 5.41) is 11.3. The highest BCUT2D eigenvalue weighted by Gasteiger charge is 2.33. The van der Waals surface area contributed by atoms with E-state index in [0.29, 0.717) is 24.5 Å². The van der Waals surface area contributed by atoms with E-state index in [4.69, 9.17) is 0 Å². The van der Waals surface area contributed by atoms with Crippen molar-refractivity contribution in [3.8, 4) is 0 Å². The summed E-state index contributed by atoms with van der Waals surface area (Å²) >= 11 is 2.96. The lowest BCUT2D eigenvalue weighted by Gasteiger charge is -2.31. The molecule has 0 aliphatic carbocycles. The summed E-state index contributed by atoms with van der Waals surface area (Å²) in [4.78, 5) is 12.9. The van der Waals surface area contributed by atoms with Crippen LogP contribution in [0.3, 0.4) is 0 Å². The maximum atomic E-state index is 12.8. The SMILES string of the molecule is CCCSc1nnc(NC(=O)[C@H]2CCCN(S(=O)(=O)c3ccccc3)C2)s1. The topological polar surface area (TPSA) is 92.3 Å². The fourth-order valence-electron chi connectivity index (χ4n) is 2.83. The van der Waals surface area contributed by atoms with Crippen LogP contribution < -0.4 is 5.32 Å². The van der Waals surface area contributed by atoms with Gasteiger partial charge < -0.3 is 5.32 Å². The Morgan fingerprint density at radius 2 is 2.11 bits per heavy atom. The van der Waals surface area contributed by atoms with Gasteiger partial charge in [0, 0.05) is 18.8 Å². The van der Waals surface area contributed by atoms with Crippen molar-refractivity contribution in [1.82, 2.24) is 14.5 Å². The van der Waals surface area contributed by atoms with Gasteiger partial charge in [0.05, 0.1) is 10.8 Å². The minimum Gasteiger partial charge on any atom is -0.300 e. The minimum absolute atomic E-state index is 0.180. The molecule has 1 aliphatic heterocycles. The molecule has 0 radical (unpaired) electrons. The molecule has 0 spiro atoms. The van der Waals surface area contributed by atoms with Gasteiger partial charge in [-0.3, -0.25) is 4.79 Å². The van der Waals surface area contributed by atoms with Crippen LogP contribution in [0, 0.1) is 5.92 Å².